The zero-order chi connectivity index (χ0) is 32.4. The Morgan fingerprint density at radius 3 is 1.26 bits per heavy atom. The zero-order valence-corrected chi connectivity index (χ0v) is 31.5. The quantitative estimate of drug-likeness (QED) is 0.0870. The van der Waals surface area contributed by atoms with Gasteiger partial charge in [-0.1, -0.05) is 77.3 Å². The Balaban J connectivity index is 0.000000157. The second-order valence-corrected chi connectivity index (χ2v) is 20.1. The van der Waals surface area contributed by atoms with E-state index in [1.807, 2.05) is 36.4 Å². The van der Waals surface area contributed by atoms with Crippen molar-refractivity contribution < 1.29 is 18.9 Å². The van der Waals surface area contributed by atoms with Gasteiger partial charge in [0, 0.05) is 0 Å². The summed E-state index contributed by atoms with van der Waals surface area (Å²) in [4.78, 5) is 0. The van der Waals surface area contributed by atoms with Crippen LogP contribution in [0.1, 0.15) is 87.5 Å². The van der Waals surface area contributed by atoms with Crippen LogP contribution in [-0.4, -0.2) is 3.21 Å². The first-order valence-electron chi connectivity index (χ1n) is 17.0. The minimum atomic E-state index is -2.44. The van der Waals surface area contributed by atoms with Crippen molar-refractivity contribution in [2.24, 2.45) is 0 Å². The van der Waals surface area contributed by atoms with Gasteiger partial charge in [0.15, 0.2) is 0 Å². The van der Waals surface area contributed by atoms with Crippen molar-refractivity contribution in [2.75, 3.05) is 0 Å². The molecule has 0 amide bonds. The van der Waals surface area contributed by atoms with Gasteiger partial charge >= 0.3 is 111 Å². The molecule has 6 rings (SSSR count). The van der Waals surface area contributed by atoms with E-state index in [4.69, 9.17) is 17.0 Å². The maximum absolute atomic E-state index is 6.24. The molecule has 0 bridgehead atoms. The molecule has 0 aliphatic rings. The number of halogens is 2. The van der Waals surface area contributed by atoms with Crippen molar-refractivity contribution in [1.29, 1.82) is 0 Å². The summed E-state index contributed by atoms with van der Waals surface area (Å²) in [6.45, 7) is 4.52. The first-order chi connectivity index (χ1) is 22.6. The van der Waals surface area contributed by atoms with E-state index in [0.717, 1.165) is 14.3 Å². The van der Waals surface area contributed by atoms with Gasteiger partial charge in [0.05, 0.1) is 0 Å². The van der Waals surface area contributed by atoms with Crippen LogP contribution >= 0.6 is 17.0 Å². The van der Waals surface area contributed by atoms with E-state index in [1.165, 1.54) is 96.9 Å². The van der Waals surface area contributed by atoms with Crippen molar-refractivity contribution in [3.8, 4) is 0 Å². The van der Waals surface area contributed by atoms with E-state index in [2.05, 4.69) is 111 Å². The summed E-state index contributed by atoms with van der Waals surface area (Å²) in [7, 11) is 12.5. The first kappa shape index (κ1) is 36.3. The van der Waals surface area contributed by atoms with Crippen LogP contribution in [0.15, 0.2) is 133 Å². The maximum atomic E-state index is 6.24. The van der Waals surface area contributed by atoms with E-state index in [9.17, 15) is 0 Å². The molecule has 0 fully saturated rings. The molecular weight excluding hydrogens is 679 g/mol. The molecule has 0 atom stereocenters. The van der Waals surface area contributed by atoms with E-state index >= 15 is 0 Å². The Morgan fingerprint density at radius 2 is 0.891 bits per heavy atom. The summed E-state index contributed by atoms with van der Waals surface area (Å²) in [5.41, 5.74) is 5.31. The Labute approximate surface area is 292 Å². The van der Waals surface area contributed by atoms with Crippen LogP contribution < -0.4 is 0 Å². The number of hydrogen-bond donors (Lipinski definition) is 0. The molecule has 3 heteroatoms. The number of hydrogen-bond acceptors (Lipinski definition) is 0. The molecule has 0 aliphatic heterocycles. The summed E-state index contributed by atoms with van der Waals surface area (Å²) in [5.74, 6) is 0. The molecule has 0 saturated carbocycles. The van der Waals surface area contributed by atoms with Crippen molar-refractivity contribution >= 4 is 41.8 Å². The average Bonchev–Trinajstić information content (AvgIpc) is 3.70. The molecule has 0 nitrogen and oxygen atoms in total. The molecule has 0 aliphatic carbocycles. The fraction of sp³-hybridized carbons (Fsp3) is 0.279. The Kier molecular flexibility index (Phi) is 16.3. The van der Waals surface area contributed by atoms with Crippen molar-refractivity contribution in [1.82, 2.24) is 0 Å². The topological polar surface area (TPSA) is 0 Å². The second kappa shape index (κ2) is 20.6. The standard InChI is InChI=1S/2C15H19.C13H10.2ClH.Zr/c2*1-2-3-4-5-8-13-11-14-9-6-7-10-15(14)12-13;1-3-7-12(8-4-1)11-13-9-5-2-6-10-13;;;/h2*6-7,9-12H,2-5,8H2,1H3;1-10H;2*1H;/q2*-1;;;;+2/p-2. The molecule has 240 valence electrons. The number of benzene rings is 4. The molecule has 0 aromatic heterocycles. The Hall–Kier alpha value is -2.57. The monoisotopic (exact) mass is 724 g/mol. The van der Waals surface area contributed by atoms with Gasteiger partial charge in [-0.2, -0.15) is 12.1 Å². The molecule has 0 spiro atoms. The number of aryl methyl sites for hydroxylation is 2. The molecule has 0 unspecified atom stereocenters. The summed E-state index contributed by atoms with van der Waals surface area (Å²) >= 11 is -2.44. The molecule has 0 saturated heterocycles. The van der Waals surface area contributed by atoms with Gasteiger partial charge in [0.1, 0.15) is 0 Å². The fourth-order valence-electron chi connectivity index (χ4n) is 5.82. The van der Waals surface area contributed by atoms with Crippen LogP contribution in [0, 0.1) is 0 Å². The van der Waals surface area contributed by atoms with Gasteiger partial charge in [-0.05, 0) is 12.8 Å². The van der Waals surface area contributed by atoms with Gasteiger partial charge in [0.2, 0.25) is 0 Å². The zero-order valence-electron chi connectivity index (χ0n) is 27.5. The van der Waals surface area contributed by atoms with Gasteiger partial charge in [0.25, 0.3) is 0 Å². The van der Waals surface area contributed by atoms with Crippen LogP contribution in [0.2, 0.25) is 0 Å². The van der Waals surface area contributed by atoms with Crippen LogP contribution in [0.4, 0.5) is 0 Å². The molecule has 0 radical (unpaired) electrons. The van der Waals surface area contributed by atoms with Gasteiger partial charge < -0.3 is 0 Å². The molecule has 6 aromatic rings. The summed E-state index contributed by atoms with van der Waals surface area (Å²) in [5, 5.41) is 5.57. The normalized spacial score (nSPS) is 10.6. The summed E-state index contributed by atoms with van der Waals surface area (Å²) < 4.78 is 1.15. The van der Waals surface area contributed by atoms with Gasteiger partial charge in [-0.15, -0.1) is 81.2 Å². The molecule has 46 heavy (non-hydrogen) atoms. The molecule has 6 aromatic carbocycles. The van der Waals surface area contributed by atoms with Gasteiger partial charge in [-0.3, -0.25) is 0 Å². The van der Waals surface area contributed by atoms with Crippen LogP contribution in [0.5, 0.6) is 0 Å². The van der Waals surface area contributed by atoms with E-state index in [1.54, 1.807) is 0 Å². The van der Waals surface area contributed by atoms with Gasteiger partial charge in [-0.25, -0.2) is 0 Å². The second-order valence-electron chi connectivity index (χ2n) is 12.0. The Morgan fingerprint density at radius 1 is 0.500 bits per heavy atom. The first-order valence-corrected chi connectivity index (χ1v) is 24.6. The SMILES string of the molecule is CCCCCCc1cc2ccccc2[cH-]1.CCCCCCc1cc2ccccc2[cH-]1.[Cl][Zr]([Cl])=[C](c1ccccc1)c1ccccc1. The van der Waals surface area contributed by atoms with Crippen LogP contribution in [0.3, 0.4) is 0 Å². The number of fused-ring (bicyclic) bond motifs is 2. The van der Waals surface area contributed by atoms with E-state index in [0.29, 0.717) is 0 Å². The average molecular weight is 727 g/mol. The predicted octanol–water partition coefficient (Wildman–Crippen LogP) is 13.5. The molecule has 0 heterocycles. The van der Waals surface area contributed by atoms with E-state index in [-0.39, 0.29) is 0 Å². The number of rotatable bonds is 12. The van der Waals surface area contributed by atoms with Crippen LogP contribution in [0.25, 0.3) is 21.5 Å². The third-order valence-electron chi connectivity index (χ3n) is 8.31. The molecular formula is C43H48Cl2Zr-2. The predicted molar refractivity (Wildman–Crippen MR) is 203 cm³/mol. The van der Waals surface area contributed by atoms with Crippen molar-refractivity contribution in [2.45, 2.75) is 78.1 Å². The van der Waals surface area contributed by atoms with E-state index < -0.39 is 18.9 Å². The Bertz CT molecular complexity index is 1530. The fourth-order valence-corrected chi connectivity index (χ4v) is 10.3. The summed E-state index contributed by atoms with van der Waals surface area (Å²) in [6.07, 6.45) is 13.3. The van der Waals surface area contributed by atoms with Crippen molar-refractivity contribution in [3.05, 3.63) is 156 Å². The third kappa shape index (κ3) is 11.9. The minimum absolute atomic E-state index is 1.15. The number of unbranched alkanes of at least 4 members (excludes halogenated alkanes) is 6. The van der Waals surface area contributed by atoms with Crippen molar-refractivity contribution in [3.63, 3.8) is 0 Å². The summed E-state index contributed by atoms with van der Waals surface area (Å²) in [6, 6.07) is 46.9. The molecule has 0 N–H and O–H groups in total. The third-order valence-corrected chi connectivity index (χ3v) is 12.9. The van der Waals surface area contributed by atoms with Crippen LogP contribution in [-0.2, 0) is 31.7 Å².